The summed E-state index contributed by atoms with van der Waals surface area (Å²) in [6.07, 6.45) is -5.94. The number of rotatable bonds is 22. The first kappa shape index (κ1) is 47.6. The van der Waals surface area contributed by atoms with E-state index in [1.807, 2.05) is 0 Å². The standard InChI is InChI=1S/C27H44N7O18P3S/c1-5-27(4,40)10-17(36)56-9-8-29-16(35)6-7-30-24(39)21(38)26(2,3)12-49-55(46,47)52-54(44,45)48-11-15-20(51-53(41,42)43)19(37)25(50-15)34-14-33-18-22(28)31-13-32-23(18)34/h5,13-15,19-21,25,37-38,40H,1,6-12H2,2-4H3,(H,29,35)(H,30,39)(H,44,45)(H,46,47)(H2,28,31,32)(H2,41,42,43)/t15-,19-,20-,21+,25-,27?/m1/s1. The van der Waals surface area contributed by atoms with E-state index in [0.29, 0.717) is 0 Å². The van der Waals surface area contributed by atoms with Gasteiger partial charge in [0.2, 0.25) is 11.8 Å². The summed E-state index contributed by atoms with van der Waals surface area (Å²) < 4.78 is 62.0. The number of aromatic nitrogens is 4. The van der Waals surface area contributed by atoms with Crippen LogP contribution in [0.3, 0.4) is 0 Å². The van der Waals surface area contributed by atoms with Gasteiger partial charge in [-0.05, 0) is 6.92 Å². The van der Waals surface area contributed by atoms with Crippen molar-refractivity contribution in [3.8, 4) is 0 Å². The fourth-order valence-corrected chi connectivity index (χ4v) is 8.37. The summed E-state index contributed by atoms with van der Waals surface area (Å²) in [6.45, 7) is 5.17. The Morgan fingerprint density at radius 3 is 2.39 bits per heavy atom. The topological polar surface area (TPSA) is 384 Å². The molecule has 11 N–H and O–H groups in total. The number of ether oxygens (including phenoxy) is 1. The van der Waals surface area contributed by atoms with Crippen molar-refractivity contribution >= 4 is 69.1 Å². The van der Waals surface area contributed by atoms with E-state index in [9.17, 15) is 63.0 Å². The molecule has 0 bridgehead atoms. The number of nitrogen functional groups attached to an aromatic ring is 1. The second-order valence-corrected chi connectivity index (χ2v) is 18.4. The minimum Gasteiger partial charge on any atom is -0.386 e. The number of anilines is 1. The van der Waals surface area contributed by atoms with Gasteiger partial charge in [0.05, 0.1) is 25.1 Å². The summed E-state index contributed by atoms with van der Waals surface area (Å²) in [7, 11) is -16.4. The number of nitrogens with zero attached hydrogens (tertiary/aromatic N) is 4. The predicted octanol–water partition coefficient (Wildman–Crippen LogP) is -1.01. The zero-order chi connectivity index (χ0) is 42.3. The van der Waals surface area contributed by atoms with Crippen molar-refractivity contribution in [2.45, 2.75) is 69.9 Å². The molecule has 1 saturated heterocycles. The van der Waals surface area contributed by atoms with Crippen LogP contribution in [0.4, 0.5) is 5.82 Å². The molecule has 1 aliphatic rings. The third-order valence-corrected chi connectivity index (χ3v) is 11.7. The number of phosphoric acid groups is 3. The van der Waals surface area contributed by atoms with Crippen LogP contribution in [0.5, 0.6) is 0 Å². The van der Waals surface area contributed by atoms with E-state index in [1.165, 1.54) is 26.8 Å². The average molecular weight is 880 g/mol. The van der Waals surface area contributed by atoms with Gasteiger partial charge in [0.15, 0.2) is 22.8 Å². The highest BCUT2D eigenvalue weighted by molar-refractivity contribution is 8.13. The second kappa shape index (κ2) is 19.3. The molecule has 2 amide bonds. The van der Waals surface area contributed by atoms with E-state index < -0.39 is 90.2 Å². The molecule has 3 unspecified atom stereocenters. The number of phosphoric ester groups is 3. The van der Waals surface area contributed by atoms with E-state index >= 15 is 0 Å². The first-order valence-electron chi connectivity index (χ1n) is 16.2. The van der Waals surface area contributed by atoms with Gasteiger partial charge in [-0.1, -0.05) is 31.7 Å². The van der Waals surface area contributed by atoms with Gasteiger partial charge in [-0.2, -0.15) is 4.31 Å². The molecule has 0 spiro atoms. The van der Waals surface area contributed by atoms with Crippen molar-refractivity contribution in [1.82, 2.24) is 30.2 Å². The molecule has 1 aliphatic heterocycles. The molecule has 3 rings (SSSR count). The lowest BCUT2D eigenvalue weighted by atomic mass is 9.87. The maximum Gasteiger partial charge on any atom is 0.481 e. The van der Waals surface area contributed by atoms with E-state index in [2.05, 4.69) is 41.0 Å². The molecule has 3 heterocycles. The quantitative estimate of drug-likeness (QED) is 0.0385. The van der Waals surface area contributed by atoms with Crippen LogP contribution in [-0.2, 0) is 50.7 Å². The summed E-state index contributed by atoms with van der Waals surface area (Å²) in [5, 5.41) is 35.8. The van der Waals surface area contributed by atoms with E-state index in [-0.39, 0.29) is 53.8 Å². The van der Waals surface area contributed by atoms with Gasteiger partial charge in [-0.15, -0.1) is 6.58 Å². The van der Waals surface area contributed by atoms with Gasteiger partial charge < -0.3 is 56.0 Å². The number of aliphatic hydroxyl groups is 3. The highest BCUT2D eigenvalue weighted by Crippen LogP contribution is 2.61. The molecule has 2 aromatic heterocycles. The molecule has 0 radical (unpaired) electrons. The van der Waals surface area contributed by atoms with Crippen LogP contribution in [0, 0.1) is 5.41 Å². The van der Waals surface area contributed by atoms with E-state index in [1.54, 1.807) is 0 Å². The van der Waals surface area contributed by atoms with Crippen molar-refractivity contribution in [2.24, 2.45) is 5.41 Å². The Morgan fingerprint density at radius 2 is 1.75 bits per heavy atom. The Bertz CT molecular complexity index is 1880. The summed E-state index contributed by atoms with van der Waals surface area (Å²) in [5.74, 6) is -1.32. The number of carbonyl (C=O) groups excluding carboxylic acids is 3. The van der Waals surface area contributed by atoms with Crippen molar-refractivity contribution in [2.75, 3.05) is 37.8 Å². The zero-order valence-electron chi connectivity index (χ0n) is 30.0. The molecule has 0 saturated carbocycles. The number of hydrogen-bond acceptors (Lipinski definition) is 19. The monoisotopic (exact) mass is 879 g/mol. The lowest BCUT2D eigenvalue weighted by Crippen LogP contribution is -2.46. The Balaban J connectivity index is 1.49. The predicted molar refractivity (Wildman–Crippen MR) is 193 cm³/mol. The Labute approximate surface area is 322 Å². The smallest absolute Gasteiger partial charge is 0.386 e. The van der Waals surface area contributed by atoms with Crippen LogP contribution in [-0.4, -0.2) is 133 Å². The van der Waals surface area contributed by atoms with Crippen LogP contribution >= 0.6 is 35.2 Å². The number of hydrogen-bond donors (Lipinski definition) is 10. The number of carbonyl (C=O) groups is 3. The first-order chi connectivity index (χ1) is 25.8. The molecule has 0 aliphatic carbocycles. The third-order valence-electron chi connectivity index (χ3n) is 7.71. The normalized spacial score (nSPS) is 22.8. The minimum absolute atomic E-state index is 0.0238. The van der Waals surface area contributed by atoms with Crippen molar-refractivity contribution in [3.63, 3.8) is 0 Å². The molecule has 56 heavy (non-hydrogen) atoms. The summed E-state index contributed by atoms with van der Waals surface area (Å²) in [4.78, 5) is 87.4. The third kappa shape index (κ3) is 14.3. The zero-order valence-corrected chi connectivity index (χ0v) is 33.5. The van der Waals surface area contributed by atoms with Gasteiger partial charge in [-0.3, -0.25) is 32.5 Å². The number of amides is 2. The van der Waals surface area contributed by atoms with Gasteiger partial charge in [0.1, 0.15) is 36.3 Å². The number of aliphatic hydroxyl groups excluding tert-OH is 2. The first-order valence-corrected chi connectivity index (χ1v) is 21.7. The van der Waals surface area contributed by atoms with Gasteiger partial charge in [0, 0.05) is 37.1 Å². The number of imidazole rings is 1. The van der Waals surface area contributed by atoms with Crippen LogP contribution in [0.1, 0.15) is 39.8 Å². The van der Waals surface area contributed by atoms with Crippen LogP contribution in [0.15, 0.2) is 25.3 Å². The summed E-state index contributed by atoms with van der Waals surface area (Å²) in [5.41, 5.74) is 2.87. The van der Waals surface area contributed by atoms with Crippen LogP contribution in [0.2, 0.25) is 0 Å². The van der Waals surface area contributed by atoms with Crippen LogP contribution in [0.25, 0.3) is 11.2 Å². The van der Waals surface area contributed by atoms with Gasteiger partial charge >= 0.3 is 23.5 Å². The van der Waals surface area contributed by atoms with Crippen molar-refractivity contribution < 1.29 is 85.6 Å². The molecule has 2 aromatic rings. The Kier molecular flexibility index (Phi) is 16.5. The van der Waals surface area contributed by atoms with E-state index in [0.717, 1.165) is 29.0 Å². The van der Waals surface area contributed by atoms with Crippen molar-refractivity contribution in [1.29, 1.82) is 0 Å². The van der Waals surface area contributed by atoms with E-state index in [4.69, 9.17) is 19.5 Å². The lowest BCUT2D eigenvalue weighted by molar-refractivity contribution is -0.137. The molecule has 29 heteroatoms. The highest BCUT2D eigenvalue weighted by atomic mass is 32.2. The minimum atomic E-state index is -5.58. The number of fused-ring (bicyclic) bond motifs is 1. The maximum atomic E-state index is 12.7. The Hall–Kier alpha value is -2.74. The fraction of sp³-hybridized carbons (Fsp3) is 0.630. The molecular weight excluding hydrogens is 835 g/mol. The largest absolute Gasteiger partial charge is 0.481 e. The Morgan fingerprint density at radius 1 is 1.09 bits per heavy atom. The molecule has 8 atom stereocenters. The maximum absolute atomic E-state index is 12.7. The van der Waals surface area contributed by atoms with Crippen LogP contribution < -0.4 is 16.4 Å². The average Bonchev–Trinajstić information content (AvgIpc) is 3.64. The second-order valence-electron chi connectivity index (χ2n) is 13.0. The fourth-order valence-electron chi connectivity index (χ4n) is 4.71. The molecular formula is C27H44N7O18P3S. The molecule has 25 nitrogen and oxygen atoms in total. The SMILES string of the molecule is C=CC(C)(O)CC(=O)SCCNC(=O)CCNC(=O)[C@H](O)C(C)(C)COP(=O)(O)OP(=O)(O)OC[C@H]1O[C@@H](n2cnc3c(N)ncnc32)[C@H](O)[C@@H]1OP(=O)(O)O. The van der Waals surface area contributed by atoms with Crippen molar-refractivity contribution in [3.05, 3.63) is 25.3 Å². The molecule has 1 fully saturated rings. The van der Waals surface area contributed by atoms with Gasteiger partial charge in [-0.25, -0.2) is 28.6 Å². The summed E-state index contributed by atoms with van der Waals surface area (Å²) in [6, 6.07) is 0. The number of nitrogens with one attached hydrogen (secondary N) is 2. The molecule has 316 valence electrons. The lowest BCUT2D eigenvalue weighted by Gasteiger charge is -2.30. The van der Waals surface area contributed by atoms with Gasteiger partial charge in [0.25, 0.3) is 0 Å². The molecule has 0 aromatic carbocycles. The number of thioether (sulfide) groups is 1. The highest BCUT2D eigenvalue weighted by Gasteiger charge is 2.50. The number of nitrogens with two attached hydrogens (primary N) is 1. The summed E-state index contributed by atoms with van der Waals surface area (Å²) >= 11 is 0.905.